The van der Waals surface area contributed by atoms with Crippen molar-refractivity contribution in [2.75, 3.05) is 0 Å². The average molecular weight is 356 g/mol. The monoisotopic (exact) mass is 355 g/mol. The van der Waals surface area contributed by atoms with Crippen molar-refractivity contribution in [2.24, 2.45) is 0 Å². The molecule has 1 amide bonds. The summed E-state index contributed by atoms with van der Waals surface area (Å²) in [6.45, 7) is 1.84. The number of amides is 1. The zero-order chi connectivity index (χ0) is 16.8. The molecule has 2 unspecified atom stereocenters. The second kappa shape index (κ2) is 8.39. The molecule has 124 valence electrons. The minimum Gasteiger partial charge on any atom is -0.467 e. The summed E-state index contributed by atoms with van der Waals surface area (Å²) in [7, 11) is 0. The van der Waals surface area contributed by atoms with Crippen LogP contribution in [0.3, 0.4) is 0 Å². The molecule has 0 aliphatic rings. The Morgan fingerprint density at radius 2 is 2.09 bits per heavy atom. The van der Waals surface area contributed by atoms with Crippen molar-refractivity contribution in [1.29, 1.82) is 0 Å². The highest BCUT2D eigenvalue weighted by molar-refractivity contribution is 6.42. The zero-order valence-electron chi connectivity index (χ0n) is 12.8. The number of carbonyl (C=O) groups is 1. The van der Waals surface area contributed by atoms with E-state index in [1.165, 1.54) is 6.26 Å². The lowest BCUT2D eigenvalue weighted by molar-refractivity contribution is -0.121. The van der Waals surface area contributed by atoms with Gasteiger partial charge in [0, 0.05) is 18.9 Å². The van der Waals surface area contributed by atoms with Crippen LogP contribution in [0.1, 0.15) is 37.2 Å². The summed E-state index contributed by atoms with van der Waals surface area (Å²) in [5, 5.41) is 13.8. The summed E-state index contributed by atoms with van der Waals surface area (Å²) in [6, 6.07) is 8.63. The Hall–Kier alpha value is -1.49. The van der Waals surface area contributed by atoms with Crippen molar-refractivity contribution < 1.29 is 14.3 Å². The third-order valence-corrected chi connectivity index (χ3v) is 4.37. The number of hydrogen-bond acceptors (Lipinski definition) is 3. The SMILES string of the molecule is CC(CC(O)c1ccco1)NC(=O)CCc1cccc(Cl)c1Cl. The van der Waals surface area contributed by atoms with Gasteiger partial charge >= 0.3 is 0 Å². The second-order valence-electron chi connectivity index (χ2n) is 5.45. The Morgan fingerprint density at radius 3 is 2.78 bits per heavy atom. The van der Waals surface area contributed by atoms with Gasteiger partial charge in [0.1, 0.15) is 11.9 Å². The Balaban J connectivity index is 1.79. The second-order valence-corrected chi connectivity index (χ2v) is 6.23. The van der Waals surface area contributed by atoms with Crippen LogP contribution in [0.15, 0.2) is 41.0 Å². The van der Waals surface area contributed by atoms with E-state index in [1.54, 1.807) is 18.2 Å². The van der Waals surface area contributed by atoms with Gasteiger partial charge in [0.2, 0.25) is 5.91 Å². The van der Waals surface area contributed by atoms with Gasteiger partial charge < -0.3 is 14.8 Å². The maximum Gasteiger partial charge on any atom is 0.220 e. The van der Waals surface area contributed by atoms with Crippen LogP contribution in [0.25, 0.3) is 0 Å². The molecule has 0 fully saturated rings. The molecule has 0 aliphatic carbocycles. The molecule has 0 saturated heterocycles. The molecule has 0 aliphatic heterocycles. The highest BCUT2D eigenvalue weighted by atomic mass is 35.5. The minimum atomic E-state index is -0.734. The van der Waals surface area contributed by atoms with E-state index >= 15 is 0 Å². The molecule has 4 nitrogen and oxygen atoms in total. The largest absolute Gasteiger partial charge is 0.467 e. The van der Waals surface area contributed by atoms with Gasteiger partial charge in [0.25, 0.3) is 0 Å². The van der Waals surface area contributed by atoms with Gasteiger partial charge in [0.15, 0.2) is 0 Å². The standard InChI is InChI=1S/C17H19Cl2NO3/c1-11(10-14(21)15-6-3-9-23-15)20-16(22)8-7-12-4-2-5-13(18)17(12)19/h2-6,9,11,14,21H,7-8,10H2,1H3,(H,20,22). The summed E-state index contributed by atoms with van der Waals surface area (Å²) in [5.74, 6) is 0.400. The van der Waals surface area contributed by atoms with Crippen molar-refractivity contribution in [3.8, 4) is 0 Å². The fourth-order valence-corrected chi connectivity index (χ4v) is 2.74. The van der Waals surface area contributed by atoms with Crippen LogP contribution >= 0.6 is 23.2 Å². The van der Waals surface area contributed by atoms with E-state index in [2.05, 4.69) is 5.32 Å². The van der Waals surface area contributed by atoms with Crippen molar-refractivity contribution in [3.05, 3.63) is 58.0 Å². The molecule has 2 aromatic rings. The third kappa shape index (κ3) is 5.27. The van der Waals surface area contributed by atoms with Crippen molar-refractivity contribution in [2.45, 2.75) is 38.3 Å². The molecular formula is C17H19Cl2NO3. The lowest BCUT2D eigenvalue weighted by Gasteiger charge is -2.17. The smallest absolute Gasteiger partial charge is 0.220 e. The predicted octanol–water partition coefficient (Wildman–Crippen LogP) is 4.15. The number of benzene rings is 1. The number of aliphatic hydroxyl groups is 1. The maximum absolute atomic E-state index is 12.0. The van der Waals surface area contributed by atoms with E-state index in [0.717, 1.165) is 5.56 Å². The van der Waals surface area contributed by atoms with Crippen LogP contribution in [-0.2, 0) is 11.2 Å². The lowest BCUT2D eigenvalue weighted by Crippen LogP contribution is -2.33. The fourth-order valence-electron chi connectivity index (χ4n) is 2.33. The van der Waals surface area contributed by atoms with E-state index in [4.69, 9.17) is 27.6 Å². The summed E-state index contributed by atoms with van der Waals surface area (Å²) >= 11 is 12.1. The molecule has 23 heavy (non-hydrogen) atoms. The minimum absolute atomic E-state index is 0.0970. The number of halogens is 2. The normalized spacial score (nSPS) is 13.6. The molecule has 0 saturated carbocycles. The molecule has 1 aromatic carbocycles. The lowest BCUT2D eigenvalue weighted by atomic mass is 10.1. The van der Waals surface area contributed by atoms with Gasteiger partial charge in [-0.15, -0.1) is 0 Å². The van der Waals surface area contributed by atoms with Crippen LogP contribution in [0, 0.1) is 0 Å². The Bertz CT molecular complexity index is 643. The van der Waals surface area contributed by atoms with Gasteiger partial charge in [-0.2, -0.15) is 0 Å². The number of furan rings is 1. The number of hydrogen-bond donors (Lipinski definition) is 2. The molecule has 1 aromatic heterocycles. The van der Waals surface area contributed by atoms with E-state index < -0.39 is 6.10 Å². The van der Waals surface area contributed by atoms with E-state index in [-0.39, 0.29) is 11.9 Å². The first kappa shape index (κ1) is 17.9. The molecule has 2 rings (SSSR count). The average Bonchev–Trinajstić information content (AvgIpc) is 3.03. The van der Waals surface area contributed by atoms with Crippen molar-refractivity contribution >= 4 is 29.1 Å². The van der Waals surface area contributed by atoms with E-state index in [1.807, 2.05) is 19.1 Å². The third-order valence-electron chi connectivity index (χ3n) is 3.51. The summed E-state index contributed by atoms with van der Waals surface area (Å²) in [6.07, 6.45) is 1.98. The first-order valence-corrected chi connectivity index (χ1v) is 8.16. The van der Waals surface area contributed by atoms with Gasteiger partial charge in [0.05, 0.1) is 16.3 Å². The Kier molecular flexibility index (Phi) is 6.51. The quantitative estimate of drug-likeness (QED) is 0.784. The molecule has 0 bridgehead atoms. The number of aryl methyl sites for hydroxylation is 1. The highest BCUT2D eigenvalue weighted by Crippen LogP contribution is 2.26. The van der Waals surface area contributed by atoms with Crippen LogP contribution in [0.2, 0.25) is 10.0 Å². The molecule has 6 heteroatoms. The first-order valence-electron chi connectivity index (χ1n) is 7.41. The number of aliphatic hydroxyl groups excluding tert-OH is 1. The van der Waals surface area contributed by atoms with Crippen molar-refractivity contribution in [1.82, 2.24) is 5.32 Å². The van der Waals surface area contributed by atoms with Gasteiger partial charge in [-0.3, -0.25) is 4.79 Å². The molecule has 2 N–H and O–H groups in total. The maximum atomic E-state index is 12.0. The van der Waals surface area contributed by atoms with Gasteiger partial charge in [-0.1, -0.05) is 35.3 Å². The van der Waals surface area contributed by atoms with Crippen LogP contribution in [0.5, 0.6) is 0 Å². The van der Waals surface area contributed by atoms with Crippen molar-refractivity contribution in [3.63, 3.8) is 0 Å². The Morgan fingerprint density at radius 1 is 1.30 bits per heavy atom. The number of carbonyl (C=O) groups excluding carboxylic acids is 1. The molecular weight excluding hydrogens is 337 g/mol. The summed E-state index contributed by atoms with van der Waals surface area (Å²) in [5.41, 5.74) is 0.845. The molecule has 1 heterocycles. The highest BCUT2D eigenvalue weighted by Gasteiger charge is 2.16. The van der Waals surface area contributed by atoms with Gasteiger partial charge in [-0.05, 0) is 37.1 Å². The first-order chi connectivity index (χ1) is 11.0. The number of rotatable bonds is 7. The van der Waals surface area contributed by atoms with Crippen LogP contribution in [-0.4, -0.2) is 17.1 Å². The van der Waals surface area contributed by atoms with Crippen LogP contribution < -0.4 is 5.32 Å². The summed E-state index contributed by atoms with van der Waals surface area (Å²) in [4.78, 5) is 12.0. The topological polar surface area (TPSA) is 62.5 Å². The fraction of sp³-hybridized carbons (Fsp3) is 0.353. The zero-order valence-corrected chi connectivity index (χ0v) is 14.3. The Labute approximate surface area is 145 Å². The molecule has 2 atom stereocenters. The predicted molar refractivity (Wildman–Crippen MR) is 90.7 cm³/mol. The van der Waals surface area contributed by atoms with E-state index in [9.17, 15) is 9.90 Å². The van der Waals surface area contributed by atoms with Crippen LogP contribution in [0.4, 0.5) is 0 Å². The molecule has 0 radical (unpaired) electrons. The van der Waals surface area contributed by atoms with Gasteiger partial charge in [-0.25, -0.2) is 0 Å². The van der Waals surface area contributed by atoms with E-state index in [0.29, 0.717) is 35.1 Å². The summed E-state index contributed by atoms with van der Waals surface area (Å²) < 4.78 is 5.14. The molecule has 0 spiro atoms. The number of nitrogens with one attached hydrogen (secondary N) is 1.